The van der Waals surface area contributed by atoms with E-state index >= 15 is 0 Å². The van der Waals surface area contributed by atoms with Crippen molar-refractivity contribution in [3.63, 3.8) is 0 Å². The van der Waals surface area contributed by atoms with E-state index in [9.17, 15) is 8.42 Å². The monoisotopic (exact) mass is 250 g/mol. The van der Waals surface area contributed by atoms with E-state index in [-0.39, 0.29) is 11.9 Å². The van der Waals surface area contributed by atoms with Crippen LogP contribution in [0.3, 0.4) is 0 Å². The van der Waals surface area contributed by atoms with Crippen LogP contribution in [0.4, 0.5) is 0 Å². The van der Waals surface area contributed by atoms with Gasteiger partial charge in [0.05, 0.1) is 18.0 Å². The van der Waals surface area contributed by atoms with E-state index in [0.717, 1.165) is 19.4 Å². The number of ether oxygens (including phenoxy) is 1. The van der Waals surface area contributed by atoms with Gasteiger partial charge in [0.2, 0.25) is 10.0 Å². The van der Waals surface area contributed by atoms with E-state index in [1.54, 1.807) is 6.92 Å². The molecule has 0 bridgehead atoms. The zero-order chi connectivity index (χ0) is 12.0. The number of rotatable bonds is 7. The molecule has 1 heterocycles. The van der Waals surface area contributed by atoms with Crippen LogP contribution in [0.1, 0.15) is 26.7 Å². The van der Waals surface area contributed by atoms with Gasteiger partial charge in [-0.05, 0) is 19.8 Å². The summed E-state index contributed by atoms with van der Waals surface area (Å²) in [6.45, 7) is 5.51. The summed E-state index contributed by atoms with van der Waals surface area (Å²) in [6.07, 6.45) is 2.75. The lowest BCUT2D eigenvalue weighted by Crippen LogP contribution is -2.34. The van der Waals surface area contributed by atoms with Gasteiger partial charge < -0.3 is 10.1 Å². The first-order valence-electron chi connectivity index (χ1n) is 5.87. The summed E-state index contributed by atoms with van der Waals surface area (Å²) in [4.78, 5) is 0. The van der Waals surface area contributed by atoms with Gasteiger partial charge in [0.25, 0.3) is 0 Å². The van der Waals surface area contributed by atoms with Gasteiger partial charge in [-0.2, -0.15) is 0 Å². The Hall–Kier alpha value is -0.170. The fourth-order valence-corrected chi connectivity index (χ4v) is 2.79. The third-order valence-corrected chi connectivity index (χ3v) is 4.07. The summed E-state index contributed by atoms with van der Waals surface area (Å²) in [6, 6.07) is 0. The second-order valence-electron chi connectivity index (χ2n) is 4.17. The Morgan fingerprint density at radius 2 is 2.12 bits per heavy atom. The molecular weight excluding hydrogens is 228 g/mol. The summed E-state index contributed by atoms with van der Waals surface area (Å²) < 4.78 is 30.7. The van der Waals surface area contributed by atoms with Crippen molar-refractivity contribution in [1.82, 2.24) is 10.0 Å². The van der Waals surface area contributed by atoms with E-state index in [4.69, 9.17) is 4.74 Å². The maximum absolute atomic E-state index is 11.3. The van der Waals surface area contributed by atoms with Crippen LogP contribution in [-0.2, 0) is 14.8 Å². The molecule has 2 N–H and O–H groups in total. The first kappa shape index (κ1) is 13.9. The molecule has 16 heavy (non-hydrogen) atoms. The molecule has 1 saturated heterocycles. The van der Waals surface area contributed by atoms with Gasteiger partial charge in [0.1, 0.15) is 0 Å². The Kier molecular flexibility index (Phi) is 5.68. The van der Waals surface area contributed by atoms with Crippen molar-refractivity contribution < 1.29 is 13.2 Å². The highest BCUT2D eigenvalue weighted by molar-refractivity contribution is 7.89. The maximum Gasteiger partial charge on any atom is 0.212 e. The van der Waals surface area contributed by atoms with Gasteiger partial charge in [0, 0.05) is 19.6 Å². The second-order valence-corrected chi connectivity index (χ2v) is 6.09. The molecule has 1 aliphatic rings. The van der Waals surface area contributed by atoms with Gasteiger partial charge in [-0.1, -0.05) is 6.92 Å². The van der Waals surface area contributed by atoms with E-state index in [1.165, 1.54) is 0 Å². The average Bonchev–Trinajstić information content (AvgIpc) is 2.59. The van der Waals surface area contributed by atoms with Crippen molar-refractivity contribution in [1.29, 1.82) is 0 Å². The molecule has 96 valence electrons. The predicted octanol–water partition coefficient (Wildman–Crippen LogP) is 0.0828. The summed E-state index contributed by atoms with van der Waals surface area (Å²) in [5.74, 6) is 0.128. The van der Waals surface area contributed by atoms with Crippen molar-refractivity contribution in [2.24, 2.45) is 0 Å². The lowest BCUT2D eigenvalue weighted by Gasteiger charge is -2.12. The molecule has 0 aromatic carbocycles. The first-order chi connectivity index (χ1) is 7.53. The summed E-state index contributed by atoms with van der Waals surface area (Å²) in [5, 5.41) is 3.12. The van der Waals surface area contributed by atoms with Crippen molar-refractivity contribution >= 4 is 10.0 Å². The van der Waals surface area contributed by atoms with Crippen LogP contribution in [0.5, 0.6) is 0 Å². The molecule has 0 aliphatic carbocycles. The van der Waals surface area contributed by atoms with E-state index in [1.807, 2.05) is 0 Å². The lowest BCUT2D eigenvalue weighted by molar-refractivity contribution is 0.0564. The van der Waals surface area contributed by atoms with Gasteiger partial charge >= 0.3 is 0 Å². The molecule has 1 aliphatic heterocycles. The van der Waals surface area contributed by atoms with Gasteiger partial charge in [-0.15, -0.1) is 0 Å². The van der Waals surface area contributed by atoms with Gasteiger partial charge in [-0.3, -0.25) is 0 Å². The molecule has 0 amide bonds. The molecule has 1 rings (SSSR count). The largest absolute Gasteiger partial charge is 0.374 e. The molecule has 2 atom stereocenters. The molecule has 0 saturated carbocycles. The molecule has 1 fully saturated rings. The fourth-order valence-electron chi connectivity index (χ4n) is 1.80. The lowest BCUT2D eigenvalue weighted by atomic mass is 10.2. The molecule has 0 aromatic heterocycles. The molecular formula is C10H22N2O3S. The predicted molar refractivity (Wildman–Crippen MR) is 63.9 cm³/mol. The molecule has 6 heteroatoms. The quantitative estimate of drug-likeness (QED) is 0.628. The standard InChI is InChI=1S/C10H22N2O3S/c1-3-12-16(13,14)7-6-11-8-10-5-4-9(2)15-10/h9-12H,3-8H2,1-2H3. The number of hydrogen-bond donors (Lipinski definition) is 2. The van der Waals surface area contributed by atoms with Gasteiger partial charge in [-0.25, -0.2) is 13.1 Å². The minimum atomic E-state index is -3.09. The Morgan fingerprint density at radius 1 is 1.38 bits per heavy atom. The molecule has 5 nitrogen and oxygen atoms in total. The smallest absolute Gasteiger partial charge is 0.212 e. The van der Waals surface area contributed by atoms with Crippen LogP contribution in [0.25, 0.3) is 0 Å². The summed E-state index contributed by atoms with van der Waals surface area (Å²) >= 11 is 0. The third kappa shape index (κ3) is 5.25. The van der Waals surface area contributed by atoms with Crippen LogP contribution in [0, 0.1) is 0 Å². The fraction of sp³-hybridized carbons (Fsp3) is 1.00. The van der Waals surface area contributed by atoms with Crippen LogP contribution in [0.15, 0.2) is 0 Å². The highest BCUT2D eigenvalue weighted by atomic mass is 32.2. The van der Waals surface area contributed by atoms with Crippen LogP contribution in [-0.4, -0.2) is 46.0 Å². The third-order valence-electron chi connectivity index (χ3n) is 2.60. The van der Waals surface area contributed by atoms with E-state index in [2.05, 4.69) is 17.0 Å². The van der Waals surface area contributed by atoms with Crippen LogP contribution < -0.4 is 10.0 Å². The number of hydrogen-bond acceptors (Lipinski definition) is 4. The highest BCUT2D eigenvalue weighted by Crippen LogP contribution is 2.17. The summed E-state index contributed by atoms with van der Waals surface area (Å²) in [7, 11) is -3.09. The minimum absolute atomic E-state index is 0.128. The maximum atomic E-state index is 11.3. The van der Waals surface area contributed by atoms with Crippen LogP contribution in [0.2, 0.25) is 0 Å². The second kappa shape index (κ2) is 6.54. The molecule has 2 unspecified atom stereocenters. The first-order valence-corrected chi connectivity index (χ1v) is 7.52. The number of nitrogens with one attached hydrogen (secondary N) is 2. The van der Waals surface area contributed by atoms with Crippen molar-refractivity contribution in [3.8, 4) is 0 Å². The normalized spacial score (nSPS) is 26.1. The van der Waals surface area contributed by atoms with E-state index < -0.39 is 10.0 Å². The van der Waals surface area contributed by atoms with Crippen molar-refractivity contribution in [3.05, 3.63) is 0 Å². The average molecular weight is 250 g/mol. The zero-order valence-corrected chi connectivity index (χ0v) is 10.8. The Morgan fingerprint density at radius 3 is 2.69 bits per heavy atom. The molecule has 0 aromatic rings. The van der Waals surface area contributed by atoms with Crippen molar-refractivity contribution in [2.45, 2.75) is 38.9 Å². The Labute approximate surface area is 98.0 Å². The summed E-state index contributed by atoms with van der Waals surface area (Å²) in [5.41, 5.74) is 0. The number of sulfonamides is 1. The Balaban J connectivity index is 2.08. The SMILES string of the molecule is CCNS(=O)(=O)CCNCC1CCC(C)O1. The van der Waals surface area contributed by atoms with Crippen LogP contribution >= 0.6 is 0 Å². The van der Waals surface area contributed by atoms with Crippen molar-refractivity contribution in [2.75, 3.05) is 25.4 Å². The molecule has 0 spiro atoms. The Bertz CT molecular complexity index is 292. The topological polar surface area (TPSA) is 67.4 Å². The highest BCUT2D eigenvalue weighted by Gasteiger charge is 2.21. The molecule has 0 radical (unpaired) electrons. The van der Waals surface area contributed by atoms with E-state index in [0.29, 0.717) is 19.2 Å². The van der Waals surface area contributed by atoms with Gasteiger partial charge in [0.15, 0.2) is 0 Å². The minimum Gasteiger partial charge on any atom is -0.374 e. The zero-order valence-electron chi connectivity index (χ0n) is 10.0.